The Kier molecular flexibility index (Phi) is 6.23. The maximum atomic E-state index is 2.55. The van der Waals surface area contributed by atoms with Crippen LogP contribution in [0.5, 0.6) is 0 Å². The summed E-state index contributed by atoms with van der Waals surface area (Å²) in [6.45, 7) is 5.04. The molecule has 0 bridgehead atoms. The molecule has 1 aromatic heterocycles. The zero-order valence-corrected chi connectivity index (χ0v) is 17.0. The molecule has 4 rings (SSSR count). The van der Waals surface area contributed by atoms with Gasteiger partial charge in [0.1, 0.15) is 0 Å². The van der Waals surface area contributed by atoms with E-state index in [0.29, 0.717) is 0 Å². The van der Waals surface area contributed by atoms with E-state index < -0.39 is 0 Å². The average Bonchev–Trinajstić information content (AvgIpc) is 3.22. The molecule has 2 nitrogen and oxygen atoms in total. The van der Waals surface area contributed by atoms with E-state index >= 15 is 0 Å². The van der Waals surface area contributed by atoms with Gasteiger partial charge < -0.3 is 4.57 Å². The largest absolute Gasteiger partial charge is 0.320 e. The molecule has 0 saturated heterocycles. The first-order chi connectivity index (χ1) is 14.3. The van der Waals surface area contributed by atoms with Crippen LogP contribution in [0.3, 0.4) is 0 Å². The highest BCUT2D eigenvalue weighted by molar-refractivity contribution is 5.38. The Morgan fingerprint density at radius 3 is 2.14 bits per heavy atom. The van der Waals surface area contributed by atoms with E-state index in [1.807, 2.05) is 0 Å². The number of rotatable bonds is 8. The van der Waals surface area contributed by atoms with E-state index in [1.165, 1.54) is 28.1 Å². The van der Waals surface area contributed by atoms with Crippen molar-refractivity contribution in [2.75, 3.05) is 6.54 Å². The topological polar surface area (TPSA) is 8.17 Å². The van der Waals surface area contributed by atoms with Crippen LogP contribution >= 0.6 is 0 Å². The van der Waals surface area contributed by atoms with Crippen molar-refractivity contribution in [3.05, 3.63) is 126 Å². The predicted octanol–water partition coefficient (Wildman–Crippen LogP) is 6.03. The highest BCUT2D eigenvalue weighted by Gasteiger charge is 2.11. The lowest BCUT2D eigenvalue weighted by molar-refractivity contribution is 0.255. The Morgan fingerprint density at radius 1 is 0.690 bits per heavy atom. The molecule has 0 aliphatic carbocycles. The molecule has 0 fully saturated rings. The van der Waals surface area contributed by atoms with Gasteiger partial charge in [0.05, 0.1) is 0 Å². The number of nitrogens with zero attached hydrogens (tertiary/aromatic N) is 2. The van der Waals surface area contributed by atoms with E-state index in [2.05, 4.69) is 120 Å². The summed E-state index contributed by atoms with van der Waals surface area (Å²) >= 11 is 0. The van der Waals surface area contributed by atoms with Crippen LogP contribution in [0.15, 0.2) is 103 Å². The van der Waals surface area contributed by atoms with Gasteiger partial charge >= 0.3 is 0 Å². The second kappa shape index (κ2) is 9.40. The molecule has 0 radical (unpaired) electrons. The molecule has 0 N–H and O–H groups in total. The minimum absolute atomic E-state index is 0.919. The second-order valence-electron chi connectivity index (χ2n) is 7.64. The third-order valence-electron chi connectivity index (χ3n) is 5.31. The van der Waals surface area contributed by atoms with Crippen molar-refractivity contribution in [1.29, 1.82) is 0 Å². The number of benzene rings is 3. The Hall–Kier alpha value is -3.10. The number of hydrogen-bond acceptors (Lipinski definition) is 1. The molecule has 0 spiro atoms. The third kappa shape index (κ3) is 5.24. The quantitative estimate of drug-likeness (QED) is 0.362. The first-order valence-corrected chi connectivity index (χ1v) is 10.3. The molecule has 0 atom stereocenters. The fraction of sp³-hybridized carbons (Fsp3) is 0.185. The molecule has 2 heteroatoms. The Balaban J connectivity index is 1.54. The lowest BCUT2D eigenvalue weighted by Gasteiger charge is -2.24. The van der Waals surface area contributed by atoms with Gasteiger partial charge in [-0.1, -0.05) is 72.8 Å². The van der Waals surface area contributed by atoms with E-state index in [9.17, 15) is 0 Å². The summed E-state index contributed by atoms with van der Waals surface area (Å²) in [7, 11) is 0. The summed E-state index contributed by atoms with van der Waals surface area (Å²) in [5.41, 5.74) is 6.58. The van der Waals surface area contributed by atoms with Crippen molar-refractivity contribution in [3.63, 3.8) is 0 Å². The van der Waals surface area contributed by atoms with Gasteiger partial charge in [0.2, 0.25) is 0 Å². The number of aryl methyl sites for hydroxylation is 1. The second-order valence-corrected chi connectivity index (χ2v) is 7.64. The summed E-state index contributed by atoms with van der Waals surface area (Å²) in [6.07, 6.45) is 3.22. The van der Waals surface area contributed by atoms with Crippen LogP contribution in [-0.2, 0) is 19.5 Å². The van der Waals surface area contributed by atoms with Crippen LogP contribution in [0.4, 0.5) is 0 Å². The lowest BCUT2D eigenvalue weighted by atomic mass is 10.1. The molecule has 0 unspecified atom stereocenters. The summed E-state index contributed by atoms with van der Waals surface area (Å²) in [4.78, 5) is 2.55. The Labute approximate surface area is 174 Å². The van der Waals surface area contributed by atoms with Gasteiger partial charge in [-0.2, -0.15) is 0 Å². The van der Waals surface area contributed by atoms with Crippen LogP contribution in [0.1, 0.15) is 22.4 Å². The van der Waals surface area contributed by atoms with Gasteiger partial charge in [0, 0.05) is 37.2 Å². The van der Waals surface area contributed by atoms with Crippen molar-refractivity contribution < 1.29 is 0 Å². The highest BCUT2D eigenvalue weighted by Crippen LogP contribution is 2.18. The van der Waals surface area contributed by atoms with Crippen LogP contribution in [0, 0.1) is 6.92 Å². The monoisotopic (exact) mass is 380 g/mol. The Bertz CT molecular complexity index is 1020. The summed E-state index contributed by atoms with van der Waals surface area (Å²) < 4.78 is 2.31. The van der Waals surface area contributed by atoms with Crippen LogP contribution in [-0.4, -0.2) is 16.0 Å². The van der Waals surface area contributed by atoms with Gasteiger partial charge in [0.15, 0.2) is 0 Å². The summed E-state index contributed by atoms with van der Waals surface area (Å²) in [5.74, 6) is 0. The number of hydrogen-bond donors (Lipinski definition) is 0. The number of aromatic nitrogens is 1. The van der Waals surface area contributed by atoms with E-state index in [4.69, 9.17) is 0 Å². The van der Waals surface area contributed by atoms with Crippen molar-refractivity contribution in [2.24, 2.45) is 0 Å². The molecule has 0 amide bonds. The SMILES string of the molecule is Cc1cccc(-n2cccc2CN(CCc2ccccc2)Cc2ccccc2)c1. The highest BCUT2D eigenvalue weighted by atomic mass is 15.1. The van der Waals surface area contributed by atoms with Gasteiger partial charge in [-0.3, -0.25) is 4.90 Å². The molecule has 146 valence electrons. The minimum atomic E-state index is 0.919. The molecule has 0 aliphatic heterocycles. The maximum Gasteiger partial charge on any atom is 0.0455 e. The molecular formula is C27H28N2. The molecular weight excluding hydrogens is 352 g/mol. The first-order valence-electron chi connectivity index (χ1n) is 10.3. The maximum absolute atomic E-state index is 2.55. The first kappa shape index (κ1) is 19.2. The average molecular weight is 381 g/mol. The zero-order chi connectivity index (χ0) is 19.9. The molecule has 0 saturated carbocycles. The van der Waals surface area contributed by atoms with Gasteiger partial charge in [-0.25, -0.2) is 0 Å². The minimum Gasteiger partial charge on any atom is -0.320 e. The predicted molar refractivity (Wildman–Crippen MR) is 121 cm³/mol. The van der Waals surface area contributed by atoms with Crippen molar-refractivity contribution in [3.8, 4) is 5.69 Å². The molecule has 1 heterocycles. The summed E-state index contributed by atoms with van der Waals surface area (Å²) in [6, 6.07) is 34.6. The fourth-order valence-electron chi connectivity index (χ4n) is 3.79. The fourth-order valence-corrected chi connectivity index (χ4v) is 3.79. The van der Waals surface area contributed by atoms with Crippen LogP contribution < -0.4 is 0 Å². The van der Waals surface area contributed by atoms with Crippen LogP contribution in [0.25, 0.3) is 5.69 Å². The van der Waals surface area contributed by atoms with E-state index in [-0.39, 0.29) is 0 Å². The normalized spacial score (nSPS) is 11.1. The lowest BCUT2D eigenvalue weighted by Crippen LogP contribution is -2.26. The Morgan fingerprint density at radius 2 is 1.41 bits per heavy atom. The van der Waals surface area contributed by atoms with Gasteiger partial charge in [-0.15, -0.1) is 0 Å². The smallest absolute Gasteiger partial charge is 0.0455 e. The zero-order valence-electron chi connectivity index (χ0n) is 17.0. The van der Waals surface area contributed by atoms with Gasteiger partial charge in [-0.05, 0) is 54.3 Å². The van der Waals surface area contributed by atoms with Crippen LogP contribution in [0.2, 0.25) is 0 Å². The van der Waals surface area contributed by atoms with Gasteiger partial charge in [0.25, 0.3) is 0 Å². The van der Waals surface area contributed by atoms with E-state index in [0.717, 1.165) is 26.1 Å². The molecule has 0 aliphatic rings. The van der Waals surface area contributed by atoms with Crippen molar-refractivity contribution >= 4 is 0 Å². The third-order valence-corrected chi connectivity index (χ3v) is 5.31. The molecule has 3 aromatic carbocycles. The van der Waals surface area contributed by atoms with Crippen molar-refractivity contribution in [2.45, 2.75) is 26.4 Å². The van der Waals surface area contributed by atoms with Crippen molar-refractivity contribution in [1.82, 2.24) is 9.47 Å². The standard InChI is InChI=1S/C27H28N2/c1-23-10-8-15-26(20-23)29-18-9-16-27(29)22-28(21-25-13-6-3-7-14-25)19-17-24-11-4-2-5-12-24/h2-16,18,20H,17,19,21-22H2,1H3. The van der Waals surface area contributed by atoms with E-state index in [1.54, 1.807) is 0 Å². The summed E-state index contributed by atoms with van der Waals surface area (Å²) in [5, 5.41) is 0. The molecule has 4 aromatic rings. The molecule has 29 heavy (non-hydrogen) atoms.